The van der Waals surface area contributed by atoms with Gasteiger partial charge in [-0.15, -0.1) is 0 Å². The number of piperidine rings is 1. The average molecular weight is 372 g/mol. The van der Waals surface area contributed by atoms with E-state index in [0.29, 0.717) is 19.4 Å². The highest BCUT2D eigenvalue weighted by Gasteiger charge is 2.35. The third-order valence-electron chi connectivity index (χ3n) is 4.50. The molecule has 140 valence electrons. The summed E-state index contributed by atoms with van der Waals surface area (Å²) in [4.78, 5) is 12.1. The van der Waals surface area contributed by atoms with E-state index in [1.165, 1.54) is 17.5 Å². The van der Waals surface area contributed by atoms with Gasteiger partial charge in [0.15, 0.2) is 0 Å². The molecular formula is C17H25FN2O4S. The summed E-state index contributed by atoms with van der Waals surface area (Å²) < 4.78 is 45.7. The number of halogens is 1. The van der Waals surface area contributed by atoms with Gasteiger partial charge < -0.3 is 10.1 Å². The Bertz CT molecular complexity index is 723. The first-order chi connectivity index (χ1) is 11.8. The molecule has 0 bridgehead atoms. The van der Waals surface area contributed by atoms with E-state index in [-0.39, 0.29) is 29.1 Å². The molecule has 0 saturated carbocycles. The van der Waals surface area contributed by atoms with Gasteiger partial charge in [0.2, 0.25) is 15.9 Å². The summed E-state index contributed by atoms with van der Waals surface area (Å²) in [5, 5.41) is 2.90. The van der Waals surface area contributed by atoms with Gasteiger partial charge >= 0.3 is 0 Å². The first-order valence-corrected chi connectivity index (χ1v) is 9.87. The van der Waals surface area contributed by atoms with Crippen LogP contribution in [0, 0.1) is 11.7 Å². The van der Waals surface area contributed by atoms with Crippen molar-refractivity contribution in [1.82, 2.24) is 9.62 Å². The maximum Gasteiger partial charge on any atom is 0.246 e. The minimum absolute atomic E-state index is 0.0443. The van der Waals surface area contributed by atoms with Crippen LogP contribution >= 0.6 is 0 Å². The third-order valence-corrected chi connectivity index (χ3v) is 6.39. The van der Waals surface area contributed by atoms with Crippen LogP contribution in [0.15, 0.2) is 23.1 Å². The SMILES string of the molecule is CCC(C)NC(=O)C1CCCN(S(=O)(=O)c2cc(F)ccc2OC)C1. The molecule has 2 rings (SSSR count). The van der Waals surface area contributed by atoms with Crippen LogP contribution in [-0.2, 0) is 14.8 Å². The first-order valence-electron chi connectivity index (χ1n) is 8.43. The van der Waals surface area contributed by atoms with E-state index in [0.717, 1.165) is 18.6 Å². The van der Waals surface area contributed by atoms with E-state index in [1.807, 2.05) is 13.8 Å². The van der Waals surface area contributed by atoms with Crippen LogP contribution in [0.3, 0.4) is 0 Å². The summed E-state index contributed by atoms with van der Waals surface area (Å²) in [5.41, 5.74) is 0. The van der Waals surface area contributed by atoms with Gasteiger partial charge in [-0.1, -0.05) is 6.92 Å². The van der Waals surface area contributed by atoms with Crippen molar-refractivity contribution in [3.8, 4) is 5.75 Å². The fraction of sp³-hybridized carbons (Fsp3) is 0.588. The number of benzene rings is 1. The number of sulfonamides is 1. The predicted molar refractivity (Wildman–Crippen MR) is 92.3 cm³/mol. The molecule has 0 spiro atoms. The fourth-order valence-electron chi connectivity index (χ4n) is 2.83. The minimum atomic E-state index is -3.94. The summed E-state index contributed by atoms with van der Waals surface area (Å²) in [6, 6.07) is 3.44. The molecule has 0 aliphatic carbocycles. The average Bonchev–Trinajstić information content (AvgIpc) is 2.61. The number of carbonyl (C=O) groups is 1. The highest BCUT2D eigenvalue weighted by atomic mass is 32.2. The minimum Gasteiger partial charge on any atom is -0.495 e. The van der Waals surface area contributed by atoms with Crippen LogP contribution in [0.25, 0.3) is 0 Å². The summed E-state index contributed by atoms with van der Waals surface area (Å²) in [5.74, 6) is -1.10. The molecule has 1 aliphatic rings. The van der Waals surface area contributed by atoms with Crippen molar-refractivity contribution in [1.29, 1.82) is 0 Å². The largest absolute Gasteiger partial charge is 0.495 e. The molecule has 1 aliphatic heterocycles. The van der Waals surface area contributed by atoms with E-state index in [4.69, 9.17) is 4.74 Å². The van der Waals surface area contributed by atoms with Crippen LogP contribution in [0.5, 0.6) is 5.75 Å². The number of carbonyl (C=O) groups excluding carboxylic acids is 1. The van der Waals surface area contributed by atoms with Gasteiger partial charge in [0.25, 0.3) is 0 Å². The molecule has 0 aromatic heterocycles. The number of hydrogen-bond donors (Lipinski definition) is 1. The lowest BCUT2D eigenvalue weighted by atomic mass is 9.98. The standard InChI is InChI=1S/C17H25FN2O4S/c1-4-12(2)19-17(21)13-6-5-9-20(11-13)25(22,23)16-10-14(18)7-8-15(16)24-3/h7-8,10,12-13H,4-6,9,11H2,1-3H3,(H,19,21). The Balaban J connectivity index is 2.22. The van der Waals surface area contributed by atoms with Crippen LogP contribution in [0.2, 0.25) is 0 Å². The number of amides is 1. The molecule has 2 unspecified atom stereocenters. The van der Waals surface area contributed by atoms with Gasteiger partial charge in [-0.3, -0.25) is 4.79 Å². The van der Waals surface area contributed by atoms with Crippen molar-refractivity contribution in [2.24, 2.45) is 5.92 Å². The lowest BCUT2D eigenvalue weighted by Gasteiger charge is -2.32. The third kappa shape index (κ3) is 4.49. The molecule has 1 amide bonds. The highest BCUT2D eigenvalue weighted by Crippen LogP contribution is 2.30. The monoisotopic (exact) mass is 372 g/mol. The van der Waals surface area contributed by atoms with Crippen LogP contribution in [0.4, 0.5) is 4.39 Å². The molecule has 1 aromatic carbocycles. The van der Waals surface area contributed by atoms with Gasteiger partial charge in [0.1, 0.15) is 16.5 Å². The summed E-state index contributed by atoms with van der Waals surface area (Å²) in [6.07, 6.45) is 2.02. The highest BCUT2D eigenvalue weighted by molar-refractivity contribution is 7.89. The van der Waals surface area contributed by atoms with Crippen LogP contribution < -0.4 is 10.1 Å². The second kappa shape index (κ2) is 8.14. The van der Waals surface area contributed by atoms with E-state index >= 15 is 0 Å². The zero-order valence-electron chi connectivity index (χ0n) is 14.8. The van der Waals surface area contributed by atoms with Crippen molar-refractivity contribution < 1.29 is 22.3 Å². The Morgan fingerprint density at radius 2 is 2.20 bits per heavy atom. The molecule has 1 fully saturated rings. The Kier molecular flexibility index (Phi) is 6.40. The Hall–Kier alpha value is -1.67. The molecule has 1 N–H and O–H groups in total. The van der Waals surface area contributed by atoms with Crippen molar-refractivity contribution in [2.45, 2.75) is 44.0 Å². The van der Waals surface area contributed by atoms with E-state index in [2.05, 4.69) is 5.32 Å². The van der Waals surface area contributed by atoms with Gasteiger partial charge in [0.05, 0.1) is 13.0 Å². The second-order valence-corrected chi connectivity index (χ2v) is 8.22. The number of nitrogens with zero attached hydrogens (tertiary/aromatic N) is 1. The van der Waals surface area contributed by atoms with Crippen molar-refractivity contribution in [2.75, 3.05) is 20.2 Å². The van der Waals surface area contributed by atoms with Crippen LogP contribution in [0.1, 0.15) is 33.1 Å². The van der Waals surface area contributed by atoms with Crippen molar-refractivity contribution in [3.63, 3.8) is 0 Å². The summed E-state index contributed by atoms with van der Waals surface area (Å²) in [6.45, 7) is 4.27. The molecular weight excluding hydrogens is 347 g/mol. The molecule has 0 radical (unpaired) electrons. The van der Waals surface area contributed by atoms with Crippen LogP contribution in [-0.4, -0.2) is 44.9 Å². The van der Waals surface area contributed by atoms with Gasteiger partial charge in [-0.2, -0.15) is 4.31 Å². The predicted octanol–water partition coefficient (Wildman–Crippen LogP) is 2.15. The number of ether oxygens (including phenoxy) is 1. The number of methoxy groups -OCH3 is 1. The molecule has 1 saturated heterocycles. The maximum atomic E-state index is 13.6. The lowest BCUT2D eigenvalue weighted by Crippen LogP contribution is -2.47. The van der Waals surface area contributed by atoms with Crippen molar-refractivity contribution in [3.05, 3.63) is 24.0 Å². The van der Waals surface area contributed by atoms with Gasteiger partial charge in [-0.05, 0) is 44.4 Å². The number of nitrogens with one attached hydrogen (secondary N) is 1. The molecule has 6 nitrogen and oxygen atoms in total. The van der Waals surface area contributed by atoms with E-state index in [9.17, 15) is 17.6 Å². The zero-order valence-corrected chi connectivity index (χ0v) is 15.6. The second-order valence-electron chi connectivity index (χ2n) is 6.32. The molecule has 1 heterocycles. The fourth-order valence-corrected chi connectivity index (χ4v) is 4.52. The van der Waals surface area contributed by atoms with Gasteiger partial charge in [0, 0.05) is 19.1 Å². The molecule has 25 heavy (non-hydrogen) atoms. The first kappa shape index (κ1) is 19.7. The normalized spacial score (nSPS) is 20.1. The lowest BCUT2D eigenvalue weighted by molar-refractivity contribution is -0.126. The Morgan fingerprint density at radius 1 is 1.48 bits per heavy atom. The smallest absolute Gasteiger partial charge is 0.246 e. The molecule has 8 heteroatoms. The number of hydrogen-bond acceptors (Lipinski definition) is 4. The van der Waals surface area contributed by atoms with E-state index < -0.39 is 21.8 Å². The molecule has 1 aromatic rings. The number of rotatable bonds is 6. The Labute approximate surface area is 148 Å². The van der Waals surface area contributed by atoms with Gasteiger partial charge in [-0.25, -0.2) is 12.8 Å². The zero-order chi connectivity index (χ0) is 18.6. The van der Waals surface area contributed by atoms with Crippen molar-refractivity contribution >= 4 is 15.9 Å². The van der Waals surface area contributed by atoms with E-state index in [1.54, 1.807) is 0 Å². The molecule has 2 atom stereocenters. The maximum absolute atomic E-state index is 13.6. The summed E-state index contributed by atoms with van der Waals surface area (Å²) in [7, 11) is -2.60. The topological polar surface area (TPSA) is 75.7 Å². The Morgan fingerprint density at radius 3 is 2.84 bits per heavy atom. The quantitative estimate of drug-likeness (QED) is 0.830. The summed E-state index contributed by atoms with van der Waals surface area (Å²) >= 11 is 0.